The van der Waals surface area contributed by atoms with E-state index in [-0.39, 0.29) is 11.9 Å². The lowest BCUT2D eigenvalue weighted by Crippen LogP contribution is -2.31. The second-order valence-corrected chi connectivity index (χ2v) is 4.92. The summed E-state index contributed by atoms with van der Waals surface area (Å²) in [5.74, 6) is 6.13. The Bertz CT molecular complexity index is 541. The van der Waals surface area contributed by atoms with Crippen molar-refractivity contribution in [3.63, 3.8) is 0 Å². The predicted octanol–water partition coefficient (Wildman–Crippen LogP) is 2.07. The maximum absolute atomic E-state index is 13.2. The quantitative estimate of drug-likeness (QED) is 0.671. The standard InChI is InChI=1S/C12H14BrFN4/c1-18-5-4-16-12(18)11(17-15)7-8-2-3-10(14)9(13)6-8/h2-6,11,17H,7,15H2,1H3. The maximum Gasteiger partial charge on any atom is 0.137 e. The fourth-order valence-electron chi connectivity index (χ4n) is 1.84. The number of nitrogens with zero attached hydrogens (tertiary/aromatic N) is 2. The van der Waals surface area contributed by atoms with Crippen LogP contribution < -0.4 is 11.3 Å². The van der Waals surface area contributed by atoms with Gasteiger partial charge in [0.2, 0.25) is 0 Å². The van der Waals surface area contributed by atoms with E-state index in [2.05, 4.69) is 26.3 Å². The van der Waals surface area contributed by atoms with Crippen molar-refractivity contribution in [2.45, 2.75) is 12.5 Å². The van der Waals surface area contributed by atoms with Crippen molar-refractivity contribution >= 4 is 15.9 Å². The molecule has 1 heterocycles. The van der Waals surface area contributed by atoms with Gasteiger partial charge in [0.15, 0.2) is 0 Å². The van der Waals surface area contributed by atoms with Crippen molar-refractivity contribution in [2.75, 3.05) is 0 Å². The Labute approximate surface area is 113 Å². The predicted molar refractivity (Wildman–Crippen MR) is 71.1 cm³/mol. The summed E-state index contributed by atoms with van der Waals surface area (Å²) in [6.07, 6.45) is 4.22. The zero-order valence-electron chi connectivity index (χ0n) is 9.90. The molecular formula is C12H14BrFN4. The Kier molecular flexibility index (Phi) is 4.11. The highest BCUT2D eigenvalue weighted by molar-refractivity contribution is 9.10. The van der Waals surface area contributed by atoms with Crippen LogP contribution in [0.25, 0.3) is 0 Å². The molecule has 0 aliphatic carbocycles. The molecule has 0 bridgehead atoms. The summed E-state index contributed by atoms with van der Waals surface area (Å²) >= 11 is 3.17. The lowest BCUT2D eigenvalue weighted by atomic mass is 10.1. The first-order valence-electron chi connectivity index (χ1n) is 5.49. The number of aryl methyl sites for hydroxylation is 1. The van der Waals surface area contributed by atoms with Crippen LogP contribution in [-0.4, -0.2) is 9.55 Å². The Morgan fingerprint density at radius 2 is 2.33 bits per heavy atom. The molecule has 0 saturated heterocycles. The van der Waals surface area contributed by atoms with Gasteiger partial charge in [0, 0.05) is 19.4 Å². The second-order valence-electron chi connectivity index (χ2n) is 4.07. The number of hydrogen-bond acceptors (Lipinski definition) is 3. The van der Waals surface area contributed by atoms with Crippen molar-refractivity contribution in [1.82, 2.24) is 15.0 Å². The van der Waals surface area contributed by atoms with E-state index in [1.165, 1.54) is 6.07 Å². The van der Waals surface area contributed by atoms with Crippen LogP contribution in [0.5, 0.6) is 0 Å². The summed E-state index contributed by atoms with van der Waals surface area (Å²) in [5.41, 5.74) is 3.72. The molecule has 0 saturated carbocycles. The van der Waals surface area contributed by atoms with Crippen LogP contribution in [0.4, 0.5) is 4.39 Å². The van der Waals surface area contributed by atoms with Gasteiger partial charge in [-0.25, -0.2) is 14.8 Å². The van der Waals surface area contributed by atoms with Crippen molar-refractivity contribution in [3.05, 3.63) is 52.3 Å². The smallest absolute Gasteiger partial charge is 0.137 e. The molecule has 0 radical (unpaired) electrons. The molecule has 0 amide bonds. The first-order valence-corrected chi connectivity index (χ1v) is 6.28. The van der Waals surface area contributed by atoms with E-state index in [0.717, 1.165) is 11.4 Å². The van der Waals surface area contributed by atoms with E-state index < -0.39 is 0 Å². The number of halogens is 2. The van der Waals surface area contributed by atoms with Crippen molar-refractivity contribution in [3.8, 4) is 0 Å². The third-order valence-corrected chi connectivity index (χ3v) is 3.40. The lowest BCUT2D eigenvalue weighted by molar-refractivity contribution is 0.506. The van der Waals surface area contributed by atoms with Crippen LogP contribution in [0.15, 0.2) is 35.1 Å². The highest BCUT2D eigenvalue weighted by Crippen LogP contribution is 2.21. The van der Waals surface area contributed by atoms with E-state index in [0.29, 0.717) is 10.9 Å². The third kappa shape index (κ3) is 2.77. The van der Waals surface area contributed by atoms with Gasteiger partial charge in [0.1, 0.15) is 11.6 Å². The molecule has 1 unspecified atom stereocenters. The molecule has 2 rings (SSSR count). The van der Waals surface area contributed by atoms with E-state index in [4.69, 9.17) is 5.84 Å². The number of aromatic nitrogens is 2. The molecule has 1 atom stereocenters. The van der Waals surface area contributed by atoms with Crippen molar-refractivity contribution in [2.24, 2.45) is 12.9 Å². The molecule has 2 aromatic rings. The van der Waals surface area contributed by atoms with Gasteiger partial charge >= 0.3 is 0 Å². The van der Waals surface area contributed by atoms with Gasteiger partial charge in [-0.2, -0.15) is 0 Å². The normalized spacial score (nSPS) is 12.7. The lowest BCUT2D eigenvalue weighted by Gasteiger charge is -2.16. The average molecular weight is 313 g/mol. The minimum atomic E-state index is -0.270. The molecule has 1 aromatic carbocycles. The summed E-state index contributed by atoms with van der Waals surface area (Å²) in [5, 5.41) is 0. The molecule has 96 valence electrons. The first kappa shape index (κ1) is 13.2. The Balaban J connectivity index is 2.20. The van der Waals surface area contributed by atoms with E-state index >= 15 is 0 Å². The highest BCUT2D eigenvalue weighted by Gasteiger charge is 2.15. The molecule has 4 nitrogen and oxygen atoms in total. The van der Waals surface area contributed by atoms with Crippen LogP contribution >= 0.6 is 15.9 Å². The number of imidazole rings is 1. The molecule has 3 N–H and O–H groups in total. The molecule has 0 aliphatic heterocycles. The highest BCUT2D eigenvalue weighted by atomic mass is 79.9. The van der Waals surface area contributed by atoms with Crippen molar-refractivity contribution < 1.29 is 4.39 Å². The van der Waals surface area contributed by atoms with Crippen LogP contribution in [0.1, 0.15) is 17.4 Å². The van der Waals surface area contributed by atoms with Crippen LogP contribution in [0, 0.1) is 5.82 Å². The van der Waals surface area contributed by atoms with Gasteiger partial charge in [-0.05, 0) is 40.0 Å². The largest absolute Gasteiger partial charge is 0.337 e. The van der Waals surface area contributed by atoms with Gasteiger partial charge in [0.25, 0.3) is 0 Å². The summed E-state index contributed by atoms with van der Waals surface area (Å²) in [6.45, 7) is 0. The minimum Gasteiger partial charge on any atom is -0.337 e. The maximum atomic E-state index is 13.2. The summed E-state index contributed by atoms with van der Waals surface area (Å²) in [6, 6.07) is 4.82. The fraction of sp³-hybridized carbons (Fsp3) is 0.250. The zero-order chi connectivity index (χ0) is 13.1. The SMILES string of the molecule is Cn1ccnc1C(Cc1ccc(F)c(Br)c1)NN. The molecule has 1 aromatic heterocycles. The molecule has 18 heavy (non-hydrogen) atoms. The van der Waals surface area contributed by atoms with E-state index in [1.807, 2.05) is 17.8 Å². The first-order chi connectivity index (χ1) is 8.61. The molecule has 0 spiro atoms. The van der Waals surface area contributed by atoms with E-state index in [9.17, 15) is 4.39 Å². The monoisotopic (exact) mass is 312 g/mol. The Morgan fingerprint density at radius 3 is 2.89 bits per heavy atom. The molecule has 0 fully saturated rings. The third-order valence-electron chi connectivity index (χ3n) is 2.80. The van der Waals surface area contributed by atoms with Gasteiger partial charge < -0.3 is 4.57 Å². The number of rotatable bonds is 4. The number of nitrogens with one attached hydrogen (secondary N) is 1. The molecular weight excluding hydrogens is 299 g/mol. The summed E-state index contributed by atoms with van der Waals surface area (Å²) in [4.78, 5) is 4.26. The van der Waals surface area contributed by atoms with Crippen LogP contribution in [0.3, 0.4) is 0 Å². The minimum absolute atomic E-state index is 0.109. The number of nitrogens with two attached hydrogens (primary N) is 1. The average Bonchev–Trinajstić information content (AvgIpc) is 2.77. The Hall–Kier alpha value is -1.24. The van der Waals surface area contributed by atoms with Crippen LogP contribution in [0.2, 0.25) is 0 Å². The summed E-state index contributed by atoms with van der Waals surface area (Å²) in [7, 11) is 1.91. The number of benzene rings is 1. The molecule has 0 aliphatic rings. The van der Waals surface area contributed by atoms with Crippen molar-refractivity contribution in [1.29, 1.82) is 0 Å². The van der Waals surface area contributed by atoms with Gasteiger partial charge in [-0.3, -0.25) is 5.84 Å². The molecule has 6 heteroatoms. The van der Waals surface area contributed by atoms with E-state index in [1.54, 1.807) is 18.3 Å². The number of hydrogen-bond donors (Lipinski definition) is 2. The summed E-state index contributed by atoms with van der Waals surface area (Å²) < 4.78 is 15.5. The Morgan fingerprint density at radius 1 is 1.56 bits per heavy atom. The second kappa shape index (κ2) is 5.60. The van der Waals surface area contributed by atoms with Gasteiger partial charge in [-0.15, -0.1) is 0 Å². The topological polar surface area (TPSA) is 55.9 Å². The number of hydrazine groups is 1. The van der Waals surface area contributed by atoms with Crippen LogP contribution in [-0.2, 0) is 13.5 Å². The van der Waals surface area contributed by atoms with Gasteiger partial charge in [-0.1, -0.05) is 6.07 Å². The van der Waals surface area contributed by atoms with Gasteiger partial charge in [0.05, 0.1) is 10.5 Å². The zero-order valence-corrected chi connectivity index (χ0v) is 11.5. The fourth-order valence-corrected chi connectivity index (χ4v) is 2.27.